The van der Waals surface area contributed by atoms with Crippen LogP contribution in [0.15, 0.2) is 42.7 Å². The van der Waals surface area contributed by atoms with Gasteiger partial charge in [-0.25, -0.2) is 9.97 Å². The highest BCUT2D eigenvalue weighted by atomic mass is 19.4. The van der Waals surface area contributed by atoms with E-state index < -0.39 is 11.9 Å². The Morgan fingerprint density at radius 3 is 2.55 bits per heavy atom. The van der Waals surface area contributed by atoms with Crippen molar-refractivity contribution in [2.75, 3.05) is 5.32 Å². The number of nitrogens with one attached hydrogen (secondary N) is 2. The first-order valence-electron chi connectivity index (χ1n) is 6.67. The van der Waals surface area contributed by atoms with Gasteiger partial charge in [0.05, 0.1) is 5.39 Å². The SMILES string of the molecule is CC(Nc1ncnc2[nH]c(C(F)(F)F)cc12)c1ccccc1. The highest BCUT2D eigenvalue weighted by molar-refractivity contribution is 5.87. The van der Waals surface area contributed by atoms with Gasteiger partial charge >= 0.3 is 6.18 Å². The Kier molecular flexibility index (Phi) is 3.48. The first-order valence-corrected chi connectivity index (χ1v) is 6.67. The van der Waals surface area contributed by atoms with Crippen LogP contribution < -0.4 is 5.32 Å². The summed E-state index contributed by atoms with van der Waals surface area (Å²) in [6.45, 7) is 1.92. The molecule has 0 spiro atoms. The molecule has 2 aromatic heterocycles. The van der Waals surface area contributed by atoms with Crippen LogP contribution in [0.4, 0.5) is 19.0 Å². The smallest absolute Gasteiger partial charge is 0.363 e. The van der Waals surface area contributed by atoms with Crippen LogP contribution in [0.1, 0.15) is 24.2 Å². The van der Waals surface area contributed by atoms with Crippen LogP contribution in [0.25, 0.3) is 11.0 Å². The Bertz CT molecular complexity index is 780. The monoisotopic (exact) mass is 306 g/mol. The van der Waals surface area contributed by atoms with E-state index in [1.165, 1.54) is 6.33 Å². The van der Waals surface area contributed by atoms with Gasteiger partial charge in [-0.3, -0.25) is 0 Å². The predicted molar refractivity (Wildman–Crippen MR) is 77.4 cm³/mol. The molecule has 3 rings (SSSR count). The summed E-state index contributed by atoms with van der Waals surface area (Å²) in [4.78, 5) is 10.2. The number of halogens is 3. The average Bonchev–Trinajstić information content (AvgIpc) is 2.93. The van der Waals surface area contributed by atoms with Crippen molar-refractivity contribution in [2.45, 2.75) is 19.1 Å². The zero-order valence-electron chi connectivity index (χ0n) is 11.6. The van der Waals surface area contributed by atoms with Crippen molar-refractivity contribution in [1.82, 2.24) is 15.0 Å². The van der Waals surface area contributed by atoms with Gasteiger partial charge in [0.2, 0.25) is 0 Å². The number of hydrogen-bond donors (Lipinski definition) is 2. The number of aromatic amines is 1. The van der Waals surface area contributed by atoms with Crippen molar-refractivity contribution in [3.8, 4) is 0 Å². The fourth-order valence-corrected chi connectivity index (χ4v) is 2.24. The molecule has 0 fully saturated rings. The second-order valence-electron chi connectivity index (χ2n) is 4.94. The Morgan fingerprint density at radius 1 is 1.14 bits per heavy atom. The first-order chi connectivity index (χ1) is 10.4. The molecule has 0 radical (unpaired) electrons. The van der Waals surface area contributed by atoms with Crippen LogP contribution in [-0.2, 0) is 6.18 Å². The molecule has 0 aliphatic heterocycles. The van der Waals surface area contributed by atoms with E-state index in [0.29, 0.717) is 11.2 Å². The van der Waals surface area contributed by atoms with Gasteiger partial charge in [0.15, 0.2) is 0 Å². The summed E-state index contributed by atoms with van der Waals surface area (Å²) in [6, 6.07) is 10.5. The van der Waals surface area contributed by atoms with E-state index in [-0.39, 0.29) is 11.7 Å². The maximum Gasteiger partial charge on any atom is 0.431 e. The van der Waals surface area contributed by atoms with Gasteiger partial charge in [-0.1, -0.05) is 30.3 Å². The summed E-state index contributed by atoms with van der Waals surface area (Å²) in [5.41, 5.74) is 0.337. The quantitative estimate of drug-likeness (QED) is 0.764. The lowest BCUT2D eigenvalue weighted by molar-refractivity contribution is -0.140. The summed E-state index contributed by atoms with van der Waals surface area (Å²) in [5.74, 6) is 0.369. The predicted octanol–water partition coefficient (Wildman–Crippen LogP) is 4.15. The van der Waals surface area contributed by atoms with Gasteiger partial charge in [-0.05, 0) is 18.6 Å². The number of anilines is 1. The van der Waals surface area contributed by atoms with Crippen molar-refractivity contribution >= 4 is 16.9 Å². The third-order valence-electron chi connectivity index (χ3n) is 3.38. The Hall–Kier alpha value is -2.57. The van der Waals surface area contributed by atoms with E-state index in [1.807, 2.05) is 37.3 Å². The van der Waals surface area contributed by atoms with E-state index in [4.69, 9.17) is 0 Å². The summed E-state index contributed by atoms with van der Waals surface area (Å²) in [5, 5.41) is 3.44. The zero-order chi connectivity index (χ0) is 15.7. The molecule has 114 valence electrons. The maximum atomic E-state index is 12.8. The molecule has 0 amide bonds. The average molecular weight is 306 g/mol. The fourth-order valence-electron chi connectivity index (χ4n) is 2.24. The number of aromatic nitrogens is 3. The highest BCUT2D eigenvalue weighted by Crippen LogP contribution is 2.33. The molecule has 1 unspecified atom stereocenters. The molecule has 0 aliphatic carbocycles. The molecule has 2 heterocycles. The van der Waals surface area contributed by atoms with Crippen LogP contribution >= 0.6 is 0 Å². The molecule has 3 aromatic rings. The van der Waals surface area contributed by atoms with Gasteiger partial charge in [0.25, 0.3) is 0 Å². The summed E-state index contributed by atoms with van der Waals surface area (Å²) in [7, 11) is 0. The van der Waals surface area contributed by atoms with Gasteiger partial charge < -0.3 is 10.3 Å². The van der Waals surface area contributed by atoms with Crippen LogP contribution in [0.2, 0.25) is 0 Å². The molecular weight excluding hydrogens is 293 g/mol. The number of alkyl halides is 3. The van der Waals surface area contributed by atoms with Crippen LogP contribution in [0.3, 0.4) is 0 Å². The highest BCUT2D eigenvalue weighted by Gasteiger charge is 2.33. The Morgan fingerprint density at radius 2 is 1.86 bits per heavy atom. The fraction of sp³-hybridized carbons (Fsp3) is 0.200. The van der Waals surface area contributed by atoms with Crippen molar-refractivity contribution in [2.24, 2.45) is 0 Å². The van der Waals surface area contributed by atoms with Gasteiger partial charge in [-0.15, -0.1) is 0 Å². The van der Waals surface area contributed by atoms with Crippen molar-refractivity contribution < 1.29 is 13.2 Å². The summed E-state index contributed by atoms with van der Waals surface area (Å²) < 4.78 is 38.4. The third kappa shape index (κ3) is 2.74. The van der Waals surface area contributed by atoms with Crippen LogP contribution in [0.5, 0.6) is 0 Å². The molecular formula is C15H13F3N4. The second-order valence-corrected chi connectivity index (χ2v) is 4.94. The topological polar surface area (TPSA) is 53.6 Å². The number of hydrogen-bond acceptors (Lipinski definition) is 3. The molecule has 4 nitrogen and oxygen atoms in total. The number of nitrogens with zero attached hydrogens (tertiary/aromatic N) is 2. The number of benzene rings is 1. The van der Waals surface area contributed by atoms with Crippen LogP contribution in [-0.4, -0.2) is 15.0 Å². The maximum absolute atomic E-state index is 12.8. The lowest BCUT2D eigenvalue weighted by atomic mass is 10.1. The van der Waals surface area contributed by atoms with E-state index in [2.05, 4.69) is 20.3 Å². The number of fused-ring (bicyclic) bond motifs is 1. The van der Waals surface area contributed by atoms with E-state index in [0.717, 1.165) is 11.6 Å². The first kappa shape index (κ1) is 14.4. The zero-order valence-corrected chi connectivity index (χ0v) is 11.6. The lowest BCUT2D eigenvalue weighted by Crippen LogP contribution is -2.08. The summed E-state index contributed by atoms with van der Waals surface area (Å²) in [6.07, 6.45) is -3.21. The second kappa shape index (κ2) is 5.32. The molecule has 0 saturated heterocycles. The third-order valence-corrected chi connectivity index (χ3v) is 3.38. The van der Waals surface area contributed by atoms with Gasteiger partial charge in [0, 0.05) is 6.04 Å². The van der Waals surface area contributed by atoms with E-state index in [1.54, 1.807) is 0 Å². The van der Waals surface area contributed by atoms with Crippen molar-refractivity contribution in [3.63, 3.8) is 0 Å². The minimum absolute atomic E-state index is 0.0939. The summed E-state index contributed by atoms with van der Waals surface area (Å²) >= 11 is 0. The van der Waals surface area contributed by atoms with E-state index >= 15 is 0 Å². The molecule has 2 N–H and O–H groups in total. The molecule has 0 saturated carbocycles. The molecule has 0 aliphatic rings. The standard InChI is InChI=1S/C15H13F3N4/c1-9(10-5-3-2-4-6-10)21-13-11-7-12(15(16,17)18)22-14(11)20-8-19-13/h2-9H,1H3,(H2,19,20,21,22). The van der Waals surface area contributed by atoms with Gasteiger partial charge in [0.1, 0.15) is 23.5 Å². The van der Waals surface area contributed by atoms with Crippen molar-refractivity contribution in [1.29, 1.82) is 0 Å². The Labute approximate surface area is 124 Å². The van der Waals surface area contributed by atoms with Gasteiger partial charge in [-0.2, -0.15) is 13.2 Å². The normalized spacial score (nSPS) is 13.3. The molecule has 0 bridgehead atoms. The van der Waals surface area contributed by atoms with E-state index in [9.17, 15) is 13.2 Å². The molecule has 1 aromatic carbocycles. The minimum atomic E-state index is -4.44. The Balaban J connectivity index is 1.96. The molecule has 7 heteroatoms. The lowest BCUT2D eigenvalue weighted by Gasteiger charge is -2.15. The largest absolute Gasteiger partial charge is 0.431 e. The number of rotatable bonds is 3. The number of H-pyrrole nitrogens is 1. The van der Waals surface area contributed by atoms with Crippen molar-refractivity contribution in [3.05, 3.63) is 54.0 Å². The molecule has 1 atom stereocenters. The minimum Gasteiger partial charge on any atom is -0.363 e. The molecule has 22 heavy (non-hydrogen) atoms. The van der Waals surface area contributed by atoms with Crippen LogP contribution in [0, 0.1) is 0 Å².